The van der Waals surface area contributed by atoms with E-state index in [1.807, 2.05) is 22.7 Å². The van der Waals surface area contributed by atoms with Crippen molar-refractivity contribution in [2.45, 2.75) is 13.3 Å². The molecule has 0 amide bonds. The van der Waals surface area contributed by atoms with Crippen LogP contribution in [0.25, 0.3) is 5.65 Å². The van der Waals surface area contributed by atoms with Crippen molar-refractivity contribution in [3.63, 3.8) is 0 Å². The fraction of sp³-hybridized carbons (Fsp3) is 0.200. The lowest BCUT2D eigenvalue weighted by Crippen LogP contribution is -1.99. The van der Waals surface area contributed by atoms with Crippen LogP contribution in [0.4, 0.5) is 0 Å². The maximum Gasteiger partial charge on any atom is 0.151 e. The number of Topliss-reactive ketones (excluding diaryl/α,β-unsaturated/α-hetero) is 1. The summed E-state index contributed by atoms with van der Waals surface area (Å²) in [5, 5.41) is 0. The zero-order chi connectivity index (χ0) is 10.1. The summed E-state index contributed by atoms with van der Waals surface area (Å²) < 4.78 is 2.86. The van der Waals surface area contributed by atoms with Crippen LogP contribution in [0.1, 0.15) is 12.6 Å². The summed E-state index contributed by atoms with van der Waals surface area (Å²) in [4.78, 5) is 15.2. The lowest BCUT2D eigenvalue weighted by atomic mass is 10.2. The van der Waals surface area contributed by atoms with E-state index in [1.54, 1.807) is 13.1 Å². The number of hydrogen-bond donors (Lipinski definition) is 0. The highest BCUT2D eigenvalue weighted by atomic mass is 79.9. The predicted octanol–water partition coefficient (Wildman–Crippen LogP) is 2.23. The van der Waals surface area contributed by atoms with Crippen LogP contribution in [0.5, 0.6) is 0 Å². The molecule has 2 heterocycles. The number of aromatic nitrogens is 2. The maximum atomic E-state index is 11.0. The molecule has 2 aromatic heterocycles. The minimum Gasteiger partial charge on any atom is -0.303 e. The van der Waals surface area contributed by atoms with Gasteiger partial charge in [0.1, 0.15) is 5.78 Å². The number of imidazole rings is 1. The summed E-state index contributed by atoms with van der Waals surface area (Å²) in [6, 6.07) is 3.85. The van der Waals surface area contributed by atoms with Gasteiger partial charge in [-0.05, 0) is 35.0 Å². The summed E-state index contributed by atoms with van der Waals surface area (Å²) in [7, 11) is 0. The van der Waals surface area contributed by atoms with Crippen LogP contribution in [0.15, 0.2) is 29.0 Å². The summed E-state index contributed by atoms with van der Waals surface area (Å²) in [6.07, 6.45) is 4.07. The number of carbonyl (C=O) groups excluding carboxylic acids is 1. The Labute approximate surface area is 89.9 Å². The standard InChI is InChI=1S/C10H9BrN2O/c1-7(14)5-8-6-12-10-9(11)3-2-4-13(8)10/h2-4,6H,5H2,1H3. The second-order valence-electron chi connectivity index (χ2n) is 3.18. The summed E-state index contributed by atoms with van der Waals surface area (Å²) in [6.45, 7) is 1.58. The normalized spacial score (nSPS) is 10.7. The fourth-order valence-corrected chi connectivity index (χ4v) is 1.86. The van der Waals surface area contributed by atoms with Crippen molar-refractivity contribution < 1.29 is 4.79 Å². The zero-order valence-electron chi connectivity index (χ0n) is 7.70. The molecule has 0 radical (unpaired) electrons. The second kappa shape index (κ2) is 3.53. The predicted molar refractivity (Wildman–Crippen MR) is 57.3 cm³/mol. The minimum atomic E-state index is 0.145. The lowest BCUT2D eigenvalue weighted by molar-refractivity contribution is -0.116. The highest BCUT2D eigenvalue weighted by Crippen LogP contribution is 2.17. The van der Waals surface area contributed by atoms with Gasteiger partial charge < -0.3 is 4.40 Å². The van der Waals surface area contributed by atoms with E-state index in [4.69, 9.17) is 0 Å². The van der Waals surface area contributed by atoms with E-state index in [0.717, 1.165) is 15.8 Å². The van der Waals surface area contributed by atoms with Crippen LogP contribution < -0.4 is 0 Å². The maximum absolute atomic E-state index is 11.0. The molecule has 0 fully saturated rings. The Morgan fingerprint density at radius 2 is 2.43 bits per heavy atom. The summed E-state index contributed by atoms with van der Waals surface area (Å²) in [5.74, 6) is 0.145. The van der Waals surface area contributed by atoms with Gasteiger partial charge in [0.05, 0.1) is 4.47 Å². The Balaban J connectivity index is 2.58. The third-order valence-corrected chi connectivity index (χ3v) is 2.61. The molecule has 0 atom stereocenters. The number of rotatable bonds is 2. The number of nitrogens with zero attached hydrogens (tertiary/aromatic N) is 2. The Hall–Kier alpha value is -1.16. The molecule has 0 aliphatic carbocycles. The van der Waals surface area contributed by atoms with Gasteiger partial charge in [-0.25, -0.2) is 4.98 Å². The largest absolute Gasteiger partial charge is 0.303 e. The van der Waals surface area contributed by atoms with Gasteiger partial charge in [-0.3, -0.25) is 4.79 Å². The monoisotopic (exact) mass is 252 g/mol. The average molecular weight is 253 g/mol. The molecule has 0 N–H and O–H groups in total. The van der Waals surface area contributed by atoms with Crippen LogP contribution in [0, 0.1) is 0 Å². The van der Waals surface area contributed by atoms with Gasteiger partial charge in [0.2, 0.25) is 0 Å². The van der Waals surface area contributed by atoms with Crippen LogP contribution >= 0.6 is 15.9 Å². The molecule has 0 aliphatic heterocycles. The van der Waals surface area contributed by atoms with E-state index in [2.05, 4.69) is 20.9 Å². The van der Waals surface area contributed by atoms with Crippen LogP contribution in [0.3, 0.4) is 0 Å². The molecule has 2 aromatic rings. The minimum absolute atomic E-state index is 0.145. The SMILES string of the molecule is CC(=O)Cc1cnc2c(Br)cccn12. The topological polar surface area (TPSA) is 34.4 Å². The third-order valence-electron chi connectivity index (χ3n) is 1.99. The van der Waals surface area contributed by atoms with Crippen molar-refractivity contribution >= 4 is 27.4 Å². The van der Waals surface area contributed by atoms with E-state index < -0.39 is 0 Å². The molecule has 0 spiro atoms. The van der Waals surface area contributed by atoms with Gasteiger partial charge >= 0.3 is 0 Å². The molecule has 0 aromatic carbocycles. The molecule has 2 rings (SSSR count). The van der Waals surface area contributed by atoms with Gasteiger partial charge in [-0.2, -0.15) is 0 Å². The van der Waals surface area contributed by atoms with E-state index in [9.17, 15) is 4.79 Å². The first kappa shape index (κ1) is 9.40. The molecule has 4 heteroatoms. The number of halogens is 1. The highest BCUT2D eigenvalue weighted by Gasteiger charge is 2.06. The second-order valence-corrected chi connectivity index (χ2v) is 4.03. The zero-order valence-corrected chi connectivity index (χ0v) is 9.28. The van der Waals surface area contributed by atoms with Crippen LogP contribution in [-0.2, 0) is 11.2 Å². The van der Waals surface area contributed by atoms with Crippen LogP contribution in [-0.4, -0.2) is 15.2 Å². The molecular weight excluding hydrogens is 244 g/mol. The Morgan fingerprint density at radius 1 is 1.64 bits per heavy atom. The first-order valence-corrected chi connectivity index (χ1v) is 5.07. The fourth-order valence-electron chi connectivity index (χ4n) is 1.41. The Kier molecular flexibility index (Phi) is 2.37. The van der Waals surface area contributed by atoms with E-state index in [-0.39, 0.29) is 5.78 Å². The molecule has 3 nitrogen and oxygen atoms in total. The molecule has 14 heavy (non-hydrogen) atoms. The van der Waals surface area contributed by atoms with Crippen molar-refractivity contribution in [2.24, 2.45) is 0 Å². The van der Waals surface area contributed by atoms with Crippen molar-refractivity contribution in [1.29, 1.82) is 0 Å². The van der Waals surface area contributed by atoms with Crippen molar-refractivity contribution in [3.8, 4) is 0 Å². The quantitative estimate of drug-likeness (QED) is 0.822. The number of carbonyl (C=O) groups is 1. The number of hydrogen-bond acceptors (Lipinski definition) is 2. The third kappa shape index (κ3) is 1.57. The molecule has 0 bridgehead atoms. The lowest BCUT2D eigenvalue weighted by Gasteiger charge is -1.99. The molecule has 0 saturated carbocycles. The van der Waals surface area contributed by atoms with Gasteiger partial charge in [0.25, 0.3) is 0 Å². The van der Waals surface area contributed by atoms with Gasteiger partial charge in [0, 0.05) is 24.5 Å². The smallest absolute Gasteiger partial charge is 0.151 e. The van der Waals surface area contributed by atoms with Crippen molar-refractivity contribution in [1.82, 2.24) is 9.38 Å². The van der Waals surface area contributed by atoms with Gasteiger partial charge in [-0.15, -0.1) is 0 Å². The molecular formula is C10H9BrN2O. The van der Waals surface area contributed by atoms with Crippen molar-refractivity contribution in [3.05, 3.63) is 34.7 Å². The highest BCUT2D eigenvalue weighted by molar-refractivity contribution is 9.10. The Morgan fingerprint density at radius 3 is 3.14 bits per heavy atom. The summed E-state index contributed by atoms with van der Waals surface area (Å²) >= 11 is 3.41. The first-order chi connectivity index (χ1) is 6.68. The molecule has 72 valence electrons. The molecule has 0 unspecified atom stereocenters. The first-order valence-electron chi connectivity index (χ1n) is 4.28. The summed E-state index contributed by atoms with van der Waals surface area (Å²) in [5.41, 5.74) is 1.78. The van der Waals surface area contributed by atoms with E-state index in [1.165, 1.54) is 0 Å². The number of fused-ring (bicyclic) bond motifs is 1. The molecule has 0 aliphatic rings. The van der Waals surface area contributed by atoms with Crippen molar-refractivity contribution in [2.75, 3.05) is 0 Å². The number of ketones is 1. The average Bonchev–Trinajstić information content (AvgIpc) is 2.49. The molecule has 0 saturated heterocycles. The van der Waals surface area contributed by atoms with Crippen LogP contribution in [0.2, 0.25) is 0 Å². The Bertz CT molecular complexity index is 490. The van der Waals surface area contributed by atoms with Gasteiger partial charge in [0.15, 0.2) is 5.65 Å². The van der Waals surface area contributed by atoms with Gasteiger partial charge in [-0.1, -0.05) is 0 Å². The van der Waals surface area contributed by atoms with E-state index >= 15 is 0 Å². The number of pyridine rings is 1. The van der Waals surface area contributed by atoms with E-state index in [0.29, 0.717) is 6.42 Å².